The highest BCUT2D eigenvalue weighted by molar-refractivity contribution is 6.30. The first-order valence-corrected chi connectivity index (χ1v) is 5.85. The van der Waals surface area contributed by atoms with Crippen LogP contribution in [0.1, 0.15) is 18.4 Å². The first kappa shape index (κ1) is 11.8. The number of benzene rings is 1. The van der Waals surface area contributed by atoms with Crippen molar-refractivity contribution in [2.75, 3.05) is 6.54 Å². The topological polar surface area (TPSA) is 32.3 Å². The Labute approximate surface area is 99.4 Å². The molecule has 0 spiro atoms. The number of hydrogen-bond acceptors (Lipinski definition) is 2. The first-order chi connectivity index (χ1) is 7.63. The molecule has 1 saturated carbocycles. The molecule has 88 valence electrons. The van der Waals surface area contributed by atoms with E-state index in [1.54, 1.807) is 6.07 Å². The number of aliphatic hydroxyl groups excluding tert-OH is 1. The molecule has 0 bridgehead atoms. The van der Waals surface area contributed by atoms with E-state index >= 15 is 0 Å². The third kappa shape index (κ3) is 3.17. The summed E-state index contributed by atoms with van der Waals surface area (Å²) < 4.78 is 13.0. The van der Waals surface area contributed by atoms with Crippen molar-refractivity contribution in [3.8, 4) is 0 Å². The third-order valence-corrected chi connectivity index (χ3v) is 3.11. The molecule has 1 aliphatic carbocycles. The summed E-state index contributed by atoms with van der Waals surface area (Å²) in [6.45, 7) is 1.48. The van der Waals surface area contributed by atoms with E-state index in [-0.39, 0.29) is 11.9 Å². The molecular formula is C12H15ClFNO. The van der Waals surface area contributed by atoms with Gasteiger partial charge in [-0.1, -0.05) is 11.6 Å². The van der Waals surface area contributed by atoms with E-state index in [2.05, 4.69) is 5.32 Å². The Morgan fingerprint density at radius 1 is 1.38 bits per heavy atom. The van der Waals surface area contributed by atoms with Crippen LogP contribution in [0.5, 0.6) is 0 Å². The normalized spacial score (nSPS) is 24.2. The lowest BCUT2D eigenvalue weighted by atomic mass is 9.82. The van der Waals surface area contributed by atoms with Crippen LogP contribution in [0.4, 0.5) is 4.39 Å². The number of aliphatic hydroxyl groups is 1. The molecular weight excluding hydrogens is 229 g/mol. The van der Waals surface area contributed by atoms with Gasteiger partial charge in [0.25, 0.3) is 0 Å². The SMILES string of the molecule is OC1CC(CNCc2cc(F)cc(Cl)c2)C1. The number of rotatable bonds is 4. The van der Waals surface area contributed by atoms with Crippen molar-refractivity contribution in [3.05, 3.63) is 34.6 Å². The van der Waals surface area contributed by atoms with Gasteiger partial charge in [0.15, 0.2) is 0 Å². The molecule has 1 aliphatic rings. The molecule has 16 heavy (non-hydrogen) atoms. The van der Waals surface area contributed by atoms with Crippen LogP contribution in [0, 0.1) is 11.7 Å². The van der Waals surface area contributed by atoms with Gasteiger partial charge in [-0.3, -0.25) is 0 Å². The summed E-state index contributed by atoms with van der Waals surface area (Å²) in [6, 6.07) is 4.54. The maximum absolute atomic E-state index is 13.0. The van der Waals surface area contributed by atoms with Gasteiger partial charge in [0.2, 0.25) is 0 Å². The number of nitrogens with one attached hydrogen (secondary N) is 1. The van der Waals surface area contributed by atoms with Gasteiger partial charge >= 0.3 is 0 Å². The molecule has 2 rings (SSSR count). The van der Waals surface area contributed by atoms with Crippen LogP contribution in [0.3, 0.4) is 0 Å². The standard InChI is InChI=1S/C12H15ClFNO/c13-10-1-8(2-11(14)5-10)6-15-7-9-3-12(16)4-9/h1-2,5,9,12,15-16H,3-4,6-7H2. The van der Waals surface area contributed by atoms with Crippen molar-refractivity contribution in [1.29, 1.82) is 0 Å². The van der Waals surface area contributed by atoms with Gasteiger partial charge in [-0.25, -0.2) is 4.39 Å². The molecule has 1 fully saturated rings. The van der Waals surface area contributed by atoms with Gasteiger partial charge in [0.1, 0.15) is 5.82 Å². The molecule has 1 aromatic rings. The summed E-state index contributed by atoms with van der Waals surface area (Å²) >= 11 is 5.75. The van der Waals surface area contributed by atoms with Gasteiger partial charge in [-0.15, -0.1) is 0 Å². The predicted molar refractivity (Wildman–Crippen MR) is 61.8 cm³/mol. The largest absolute Gasteiger partial charge is 0.393 e. The molecule has 0 saturated heterocycles. The van der Waals surface area contributed by atoms with Gasteiger partial charge < -0.3 is 10.4 Å². The Morgan fingerprint density at radius 2 is 2.12 bits per heavy atom. The zero-order valence-electron chi connectivity index (χ0n) is 8.92. The van der Waals surface area contributed by atoms with Crippen molar-refractivity contribution >= 4 is 11.6 Å². The lowest BCUT2D eigenvalue weighted by molar-refractivity contribution is 0.0430. The van der Waals surface area contributed by atoms with E-state index in [0.717, 1.165) is 24.9 Å². The second-order valence-corrected chi connectivity index (χ2v) is 4.84. The second-order valence-electron chi connectivity index (χ2n) is 4.40. The van der Waals surface area contributed by atoms with Gasteiger partial charge in [0.05, 0.1) is 6.10 Å². The molecule has 2 nitrogen and oxygen atoms in total. The van der Waals surface area contributed by atoms with Gasteiger partial charge in [-0.05, 0) is 49.1 Å². The molecule has 0 aromatic heterocycles. The van der Waals surface area contributed by atoms with E-state index in [9.17, 15) is 4.39 Å². The molecule has 0 amide bonds. The fourth-order valence-electron chi connectivity index (χ4n) is 2.00. The average molecular weight is 244 g/mol. The van der Waals surface area contributed by atoms with Crippen LogP contribution in [0.25, 0.3) is 0 Å². The minimum absolute atomic E-state index is 0.115. The molecule has 2 N–H and O–H groups in total. The minimum Gasteiger partial charge on any atom is -0.393 e. The Balaban J connectivity index is 1.76. The lowest BCUT2D eigenvalue weighted by Gasteiger charge is -2.31. The van der Waals surface area contributed by atoms with Crippen molar-refractivity contribution in [2.45, 2.75) is 25.5 Å². The number of halogens is 2. The van der Waals surface area contributed by atoms with Crippen LogP contribution in [-0.2, 0) is 6.54 Å². The predicted octanol–water partition coefficient (Wildman–Crippen LogP) is 2.34. The summed E-state index contributed by atoms with van der Waals surface area (Å²) in [5.74, 6) is 0.252. The van der Waals surface area contributed by atoms with E-state index in [1.165, 1.54) is 12.1 Å². The quantitative estimate of drug-likeness (QED) is 0.851. The Morgan fingerprint density at radius 3 is 2.75 bits per heavy atom. The summed E-state index contributed by atoms with van der Waals surface area (Å²) in [5.41, 5.74) is 0.852. The van der Waals surface area contributed by atoms with Crippen LogP contribution in [0.2, 0.25) is 5.02 Å². The maximum Gasteiger partial charge on any atom is 0.125 e. The maximum atomic E-state index is 13.0. The molecule has 0 aliphatic heterocycles. The molecule has 0 unspecified atom stereocenters. The molecule has 1 aromatic carbocycles. The fourth-order valence-corrected chi connectivity index (χ4v) is 2.25. The second kappa shape index (κ2) is 5.13. The highest BCUT2D eigenvalue weighted by atomic mass is 35.5. The molecule has 0 heterocycles. The summed E-state index contributed by atoms with van der Waals surface area (Å²) in [4.78, 5) is 0. The van der Waals surface area contributed by atoms with Crippen molar-refractivity contribution in [2.24, 2.45) is 5.92 Å². The summed E-state index contributed by atoms with van der Waals surface area (Å²) in [5, 5.41) is 12.8. The average Bonchev–Trinajstić information content (AvgIpc) is 2.13. The molecule has 4 heteroatoms. The Hall–Kier alpha value is -0.640. The lowest BCUT2D eigenvalue weighted by Crippen LogP contribution is -2.35. The van der Waals surface area contributed by atoms with Crippen LogP contribution in [0.15, 0.2) is 18.2 Å². The zero-order chi connectivity index (χ0) is 11.5. The fraction of sp³-hybridized carbons (Fsp3) is 0.500. The van der Waals surface area contributed by atoms with Crippen LogP contribution in [-0.4, -0.2) is 17.8 Å². The van der Waals surface area contributed by atoms with E-state index in [0.29, 0.717) is 17.5 Å². The third-order valence-electron chi connectivity index (χ3n) is 2.90. The Bertz CT molecular complexity index is 346. The van der Waals surface area contributed by atoms with Crippen molar-refractivity contribution in [1.82, 2.24) is 5.32 Å². The highest BCUT2D eigenvalue weighted by Crippen LogP contribution is 2.26. The van der Waals surface area contributed by atoms with Crippen molar-refractivity contribution in [3.63, 3.8) is 0 Å². The van der Waals surface area contributed by atoms with Crippen LogP contribution < -0.4 is 5.32 Å². The van der Waals surface area contributed by atoms with E-state index in [4.69, 9.17) is 16.7 Å². The van der Waals surface area contributed by atoms with Gasteiger partial charge in [0, 0.05) is 11.6 Å². The van der Waals surface area contributed by atoms with E-state index < -0.39 is 0 Å². The molecule has 0 radical (unpaired) electrons. The molecule has 0 atom stereocenters. The monoisotopic (exact) mass is 243 g/mol. The zero-order valence-corrected chi connectivity index (χ0v) is 9.67. The first-order valence-electron chi connectivity index (χ1n) is 5.47. The minimum atomic E-state index is -0.302. The smallest absolute Gasteiger partial charge is 0.125 e. The number of hydrogen-bond donors (Lipinski definition) is 2. The summed E-state index contributed by atoms with van der Waals surface area (Å²) in [7, 11) is 0. The van der Waals surface area contributed by atoms with Crippen molar-refractivity contribution < 1.29 is 9.50 Å². The summed E-state index contributed by atoms with van der Waals surface area (Å²) in [6.07, 6.45) is 1.63. The Kier molecular flexibility index (Phi) is 3.79. The van der Waals surface area contributed by atoms with Crippen LogP contribution >= 0.6 is 11.6 Å². The van der Waals surface area contributed by atoms with Gasteiger partial charge in [-0.2, -0.15) is 0 Å². The van der Waals surface area contributed by atoms with E-state index in [1.807, 2.05) is 0 Å². The highest BCUT2D eigenvalue weighted by Gasteiger charge is 2.26.